The molecule has 0 aromatic heterocycles. The zero-order valence-electron chi connectivity index (χ0n) is 13.4. The van der Waals surface area contributed by atoms with Crippen LogP contribution in [0, 0.1) is 17.7 Å². The summed E-state index contributed by atoms with van der Waals surface area (Å²) in [7, 11) is 0. The van der Waals surface area contributed by atoms with E-state index < -0.39 is 0 Å². The fraction of sp³-hybridized carbons (Fsp3) is 0.647. The number of rotatable bonds is 4. The summed E-state index contributed by atoms with van der Waals surface area (Å²) in [6, 6.07) is 5.98. The van der Waals surface area contributed by atoms with Crippen molar-refractivity contribution >= 4 is 21.6 Å². The number of nitrogens with zero attached hydrogens (tertiary/aromatic N) is 1. The topological polar surface area (TPSA) is 15.3 Å². The van der Waals surface area contributed by atoms with Crippen molar-refractivity contribution in [2.45, 2.75) is 46.2 Å². The fourth-order valence-electron chi connectivity index (χ4n) is 3.14. The van der Waals surface area contributed by atoms with E-state index in [-0.39, 0.29) is 5.82 Å². The van der Waals surface area contributed by atoms with E-state index in [9.17, 15) is 4.39 Å². The molecule has 0 amide bonds. The maximum atomic E-state index is 14.3. The third-order valence-electron chi connectivity index (χ3n) is 4.18. The van der Waals surface area contributed by atoms with Gasteiger partial charge in [-0.15, -0.1) is 0 Å². The number of piperazine rings is 1. The van der Waals surface area contributed by atoms with Crippen LogP contribution < -0.4 is 10.2 Å². The van der Waals surface area contributed by atoms with Crippen molar-refractivity contribution in [3.63, 3.8) is 0 Å². The minimum Gasteiger partial charge on any atom is -0.363 e. The Bertz CT molecular complexity index is 476. The van der Waals surface area contributed by atoms with Crippen LogP contribution >= 0.6 is 15.9 Å². The summed E-state index contributed by atoms with van der Waals surface area (Å²) in [5.41, 5.74) is 0.721. The molecule has 1 fully saturated rings. The van der Waals surface area contributed by atoms with Crippen LogP contribution in [0.3, 0.4) is 0 Å². The molecule has 2 atom stereocenters. The lowest BCUT2D eigenvalue weighted by Crippen LogP contribution is -2.59. The molecule has 118 valence electrons. The molecule has 1 N–H and O–H groups in total. The standard InChI is InChI=1S/C17H26BrFN2/c1-11(2)7-14-10-21(17(9-20-14)12(3)4)16-8-13(18)5-6-15(16)19/h5-6,8,11-12,14,17,20H,7,9-10H2,1-4H3. The smallest absolute Gasteiger partial charge is 0.146 e. The second-order valence-electron chi connectivity index (χ2n) is 6.79. The second kappa shape index (κ2) is 7.10. The molecule has 2 nitrogen and oxygen atoms in total. The van der Waals surface area contributed by atoms with E-state index in [1.807, 2.05) is 6.07 Å². The lowest BCUT2D eigenvalue weighted by atomic mass is 9.94. The largest absolute Gasteiger partial charge is 0.363 e. The summed E-state index contributed by atoms with van der Waals surface area (Å²) in [6.07, 6.45) is 1.12. The highest BCUT2D eigenvalue weighted by molar-refractivity contribution is 9.10. The molecule has 0 spiro atoms. The van der Waals surface area contributed by atoms with E-state index in [0.29, 0.717) is 23.9 Å². The third kappa shape index (κ3) is 4.19. The van der Waals surface area contributed by atoms with Gasteiger partial charge in [-0.1, -0.05) is 43.6 Å². The van der Waals surface area contributed by atoms with Gasteiger partial charge in [0, 0.05) is 29.6 Å². The summed E-state index contributed by atoms with van der Waals surface area (Å²) in [4.78, 5) is 2.26. The molecular weight excluding hydrogens is 331 g/mol. The average molecular weight is 357 g/mol. The summed E-state index contributed by atoms with van der Waals surface area (Å²) in [5, 5.41) is 3.64. The molecule has 4 heteroatoms. The van der Waals surface area contributed by atoms with Gasteiger partial charge in [-0.05, 0) is 36.5 Å². The molecule has 0 aliphatic carbocycles. The highest BCUT2D eigenvalue weighted by atomic mass is 79.9. The Morgan fingerprint density at radius 1 is 1.33 bits per heavy atom. The number of nitrogens with one attached hydrogen (secondary N) is 1. The van der Waals surface area contributed by atoms with E-state index in [2.05, 4.69) is 53.8 Å². The molecule has 1 aromatic rings. The van der Waals surface area contributed by atoms with E-state index in [4.69, 9.17) is 0 Å². The van der Waals surface area contributed by atoms with E-state index in [0.717, 1.165) is 29.7 Å². The van der Waals surface area contributed by atoms with Gasteiger partial charge in [0.1, 0.15) is 5.82 Å². The van der Waals surface area contributed by atoms with Crippen LogP contribution in [0.15, 0.2) is 22.7 Å². The molecule has 0 bridgehead atoms. The second-order valence-corrected chi connectivity index (χ2v) is 7.71. The van der Waals surface area contributed by atoms with Crippen molar-refractivity contribution in [3.8, 4) is 0 Å². The first kappa shape index (κ1) is 16.8. The Morgan fingerprint density at radius 2 is 2.05 bits per heavy atom. The van der Waals surface area contributed by atoms with Crippen molar-refractivity contribution in [2.75, 3.05) is 18.0 Å². The molecule has 2 rings (SSSR count). The van der Waals surface area contributed by atoms with E-state index >= 15 is 0 Å². The van der Waals surface area contributed by atoms with Crippen molar-refractivity contribution in [3.05, 3.63) is 28.5 Å². The minimum absolute atomic E-state index is 0.131. The summed E-state index contributed by atoms with van der Waals surface area (Å²) < 4.78 is 15.2. The van der Waals surface area contributed by atoms with Gasteiger partial charge in [0.05, 0.1) is 5.69 Å². The van der Waals surface area contributed by atoms with Gasteiger partial charge in [0.2, 0.25) is 0 Å². The Labute approximate surface area is 136 Å². The lowest BCUT2D eigenvalue weighted by Gasteiger charge is -2.44. The zero-order chi connectivity index (χ0) is 15.6. The molecule has 0 saturated carbocycles. The molecule has 2 unspecified atom stereocenters. The van der Waals surface area contributed by atoms with Gasteiger partial charge < -0.3 is 10.2 Å². The van der Waals surface area contributed by atoms with Crippen LogP contribution in [0.1, 0.15) is 34.1 Å². The third-order valence-corrected chi connectivity index (χ3v) is 4.67. The molecule has 0 radical (unpaired) electrons. The van der Waals surface area contributed by atoms with Gasteiger partial charge in [0.25, 0.3) is 0 Å². The normalized spacial score (nSPS) is 23.1. The van der Waals surface area contributed by atoms with Gasteiger partial charge in [-0.2, -0.15) is 0 Å². The predicted octanol–water partition coefficient (Wildman–Crippen LogP) is 4.44. The Hall–Kier alpha value is -0.610. The Kier molecular flexibility index (Phi) is 5.67. The van der Waals surface area contributed by atoms with Gasteiger partial charge in [0.15, 0.2) is 0 Å². The van der Waals surface area contributed by atoms with E-state index in [1.54, 1.807) is 12.1 Å². The molecule has 1 aliphatic heterocycles. The summed E-state index contributed by atoms with van der Waals surface area (Å²) >= 11 is 3.47. The van der Waals surface area contributed by atoms with Crippen LogP contribution in [0.2, 0.25) is 0 Å². The quantitative estimate of drug-likeness (QED) is 0.857. The maximum Gasteiger partial charge on any atom is 0.146 e. The van der Waals surface area contributed by atoms with Gasteiger partial charge in [-0.3, -0.25) is 0 Å². The highest BCUT2D eigenvalue weighted by Gasteiger charge is 2.31. The van der Waals surface area contributed by atoms with Crippen LogP contribution in [0.25, 0.3) is 0 Å². The van der Waals surface area contributed by atoms with Crippen molar-refractivity contribution in [1.29, 1.82) is 0 Å². The van der Waals surface area contributed by atoms with Crippen molar-refractivity contribution in [1.82, 2.24) is 5.32 Å². The van der Waals surface area contributed by atoms with Crippen LogP contribution in [0.5, 0.6) is 0 Å². The molecule has 1 heterocycles. The minimum atomic E-state index is -0.131. The Morgan fingerprint density at radius 3 is 2.67 bits per heavy atom. The SMILES string of the molecule is CC(C)CC1CN(c2cc(Br)ccc2F)C(C(C)C)CN1. The number of hydrogen-bond donors (Lipinski definition) is 1. The number of hydrogen-bond acceptors (Lipinski definition) is 2. The van der Waals surface area contributed by atoms with E-state index in [1.165, 1.54) is 0 Å². The van der Waals surface area contributed by atoms with Crippen LogP contribution in [0.4, 0.5) is 10.1 Å². The van der Waals surface area contributed by atoms with Gasteiger partial charge >= 0.3 is 0 Å². The van der Waals surface area contributed by atoms with Gasteiger partial charge in [-0.25, -0.2) is 4.39 Å². The first-order valence-electron chi connectivity index (χ1n) is 7.83. The van der Waals surface area contributed by atoms with Crippen LogP contribution in [-0.4, -0.2) is 25.2 Å². The molecule has 1 aliphatic rings. The first-order valence-corrected chi connectivity index (χ1v) is 8.62. The number of anilines is 1. The lowest BCUT2D eigenvalue weighted by molar-refractivity contribution is 0.308. The number of benzene rings is 1. The van der Waals surface area contributed by atoms with Crippen LogP contribution in [-0.2, 0) is 0 Å². The predicted molar refractivity (Wildman–Crippen MR) is 91.3 cm³/mol. The zero-order valence-corrected chi connectivity index (χ0v) is 15.0. The van der Waals surface area contributed by atoms with Crippen molar-refractivity contribution < 1.29 is 4.39 Å². The average Bonchev–Trinajstić information content (AvgIpc) is 2.40. The summed E-state index contributed by atoms with van der Waals surface area (Å²) in [5.74, 6) is 0.997. The summed E-state index contributed by atoms with van der Waals surface area (Å²) in [6.45, 7) is 10.7. The highest BCUT2D eigenvalue weighted by Crippen LogP contribution is 2.30. The molecule has 1 aromatic carbocycles. The monoisotopic (exact) mass is 356 g/mol. The molecule has 1 saturated heterocycles. The maximum absolute atomic E-state index is 14.3. The fourth-order valence-corrected chi connectivity index (χ4v) is 3.49. The Balaban J connectivity index is 2.27. The molecular formula is C17H26BrFN2. The van der Waals surface area contributed by atoms with Crippen molar-refractivity contribution in [2.24, 2.45) is 11.8 Å². The molecule has 21 heavy (non-hydrogen) atoms. The first-order chi connectivity index (χ1) is 9.88. The number of halogens is 2.